The second kappa shape index (κ2) is 13.6. The van der Waals surface area contributed by atoms with Gasteiger partial charge in [0.1, 0.15) is 18.3 Å². The van der Waals surface area contributed by atoms with Crippen molar-refractivity contribution in [2.24, 2.45) is 0 Å². The highest BCUT2D eigenvalue weighted by molar-refractivity contribution is 7.92. The zero-order valence-corrected chi connectivity index (χ0v) is 24.5. The van der Waals surface area contributed by atoms with E-state index in [0.717, 1.165) is 10.6 Å². The van der Waals surface area contributed by atoms with Gasteiger partial charge in [-0.3, -0.25) is 13.9 Å². The maximum Gasteiger partial charge on any atom is 0.244 e. The fourth-order valence-electron chi connectivity index (χ4n) is 3.65. The number of sulfonamides is 1. The van der Waals surface area contributed by atoms with Crippen LogP contribution in [0.4, 0.5) is 5.69 Å². The van der Waals surface area contributed by atoms with Crippen molar-refractivity contribution >= 4 is 62.3 Å². The highest BCUT2D eigenvalue weighted by Gasteiger charge is 2.33. The molecule has 0 aromatic heterocycles. The average Bonchev–Trinajstić information content (AvgIpc) is 2.83. The number of rotatable bonds is 12. The summed E-state index contributed by atoms with van der Waals surface area (Å²) in [6.45, 7) is 5.01. The van der Waals surface area contributed by atoms with Gasteiger partial charge in [0.05, 0.1) is 29.1 Å². The van der Waals surface area contributed by atoms with Crippen molar-refractivity contribution in [1.29, 1.82) is 0 Å². The van der Waals surface area contributed by atoms with E-state index >= 15 is 0 Å². The van der Waals surface area contributed by atoms with Crippen molar-refractivity contribution in [2.45, 2.75) is 52.2 Å². The molecule has 0 fully saturated rings. The first-order chi connectivity index (χ1) is 17.3. The molecule has 2 aromatic rings. The van der Waals surface area contributed by atoms with Gasteiger partial charge in [-0.25, -0.2) is 8.42 Å². The zero-order chi connectivity index (χ0) is 27.9. The van der Waals surface area contributed by atoms with Crippen LogP contribution in [0.2, 0.25) is 15.1 Å². The van der Waals surface area contributed by atoms with E-state index in [0.29, 0.717) is 28.5 Å². The lowest BCUT2D eigenvalue weighted by molar-refractivity contribution is -0.140. The molecule has 37 heavy (non-hydrogen) atoms. The second-order valence-electron chi connectivity index (χ2n) is 8.60. The Balaban J connectivity index is 2.53. The summed E-state index contributed by atoms with van der Waals surface area (Å²) in [6.07, 6.45) is 1.99. The van der Waals surface area contributed by atoms with Crippen LogP contribution in [0.5, 0.6) is 5.75 Å². The molecule has 1 N–H and O–H groups in total. The monoisotopic (exact) mass is 591 g/mol. The smallest absolute Gasteiger partial charge is 0.244 e. The lowest BCUT2D eigenvalue weighted by Crippen LogP contribution is -2.53. The van der Waals surface area contributed by atoms with Gasteiger partial charge in [0.25, 0.3) is 0 Å². The number of hydrogen-bond acceptors (Lipinski definition) is 5. The molecule has 204 valence electrons. The first-order valence-electron chi connectivity index (χ1n) is 11.7. The Kier molecular flexibility index (Phi) is 11.4. The Bertz CT molecular complexity index is 1230. The van der Waals surface area contributed by atoms with Gasteiger partial charge in [0, 0.05) is 17.6 Å². The van der Waals surface area contributed by atoms with Crippen LogP contribution in [0.25, 0.3) is 0 Å². The van der Waals surface area contributed by atoms with E-state index in [4.69, 9.17) is 39.5 Å². The zero-order valence-electron chi connectivity index (χ0n) is 21.4. The third kappa shape index (κ3) is 8.40. The number of nitrogens with one attached hydrogen (secondary N) is 1. The lowest BCUT2D eigenvalue weighted by atomic mass is 10.1. The van der Waals surface area contributed by atoms with E-state index < -0.39 is 28.5 Å². The van der Waals surface area contributed by atoms with Crippen molar-refractivity contribution < 1.29 is 22.7 Å². The largest absolute Gasteiger partial charge is 0.495 e. The molecule has 8 nitrogen and oxygen atoms in total. The van der Waals surface area contributed by atoms with Gasteiger partial charge in [-0.15, -0.1) is 0 Å². The Morgan fingerprint density at radius 3 is 2.24 bits per heavy atom. The third-order valence-corrected chi connectivity index (χ3v) is 7.91. The maximum atomic E-state index is 13.8. The summed E-state index contributed by atoms with van der Waals surface area (Å²) in [5.41, 5.74) is 0.737. The summed E-state index contributed by atoms with van der Waals surface area (Å²) in [7, 11) is -2.56. The third-order valence-electron chi connectivity index (χ3n) is 5.81. The average molecular weight is 593 g/mol. The number of anilines is 1. The molecule has 0 saturated carbocycles. The van der Waals surface area contributed by atoms with Gasteiger partial charge in [0.15, 0.2) is 0 Å². The highest BCUT2D eigenvalue weighted by atomic mass is 35.5. The Hall–Kier alpha value is -2.20. The summed E-state index contributed by atoms with van der Waals surface area (Å²) in [5.74, 6) is -0.707. The number of carbonyl (C=O) groups excluding carboxylic acids is 2. The molecule has 0 bridgehead atoms. The van der Waals surface area contributed by atoms with E-state index in [1.807, 2.05) is 13.8 Å². The minimum Gasteiger partial charge on any atom is -0.495 e. The van der Waals surface area contributed by atoms with E-state index in [-0.39, 0.29) is 35.0 Å². The maximum absolute atomic E-state index is 13.8. The van der Waals surface area contributed by atoms with Crippen LogP contribution >= 0.6 is 34.8 Å². The van der Waals surface area contributed by atoms with E-state index in [1.165, 1.54) is 24.1 Å². The van der Waals surface area contributed by atoms with Crippen LogP contribution in [-0.4, -0.2) is 57.1 Å². The summed E-state index contributed by atoms with van der Waals surface area (Å²) in [6, 6.07) is 8.41. The normalized spacial score (nSPS) is 13.0. The van der Waals surface area contributed by atoms with Crippen LogP contribution in [-0.2, 0) is 26.2 Å². The minimum absolute atomic E-state index is 0.00639. The molecule has 0 aliphatic carbocycles. The number of nitrogens with zero attached hydrogens (tertiary/aromatic N) is 2. The number of ether oxygens (including phenoxy) is 1. The van der Waals surface area contributed by atoms with Crippen molar-refractivity contribution in [3.05, 3.63) is 57.0 Å². The van der Waals surface area contributed by atoms with Crippen LogP contribution in [0.3, 0.4) is 0 Å². The number of hydrogen-bond donors (Lipinski definition) is 1. The first kappa shape index (κ1) is 31.0. The van der Waals surface area contributed by atoms with E-state index in [1.54, 1.807) is 31.2 Å². The predicted molar refractivity (Wildman–Crippen MR) is 149 cm³/mol. The molecule has 2 amide bonds. The number of halogens is 3. The van der Waals surface area contributed by atoms with Crippen molar-refractivity contribution in [2.75, 3.05) is 24.2 Å². The molecular weight excluding hydrogens is 561 g/mol. The van der Waals surface area contributed by atoms with Crippen LogP contribution in [0.15, 0.2) is 36.4 Å². The fraction of sp³-hybridized carbons (Fsp3) is 0.440. The summed E-state index contributed by atoms with van der Waals surface area (Å²) < 4.78 is 31.9. The van der Waals surface area contributed by atoms with Crippen LogP contribution < -0.4 is 14.4 Å². The number of benzene rings is 2. The standard InChI is InChI=1S/C25H32Cl3N3O5S/c1-6-16(3)29-25(33)21(7-2)30(14-17-8-10-19(27)20(28)12-17)24(32)15-31(37(5,34)35)22-13-18(26)9-11-23(22)36-4/h8-13,16,21H,6-7,14-15H2,1-5H3,(H,29,33)/t16-,21-/m0/s1. The SMILES string of the molecule is CC[C@H](C)NC(=O)[C@H](CC)N(Cc1ccc(Cl)c(Cl)c1)C(=O)CN(c1cc(Cl)ccc1OC)S(C)(=O)=O. The van der Waals surface area contributed by atoms with Gasteiger partial charge < -0.3 is 15.0 Å². The van der Waals surface area contributed by atoms with E-state index in [2.05, 4.69) is 5.32 Å². The fourth-order valence-corrected chi connectivity index (χ4v) is 4.98. The molecule has 2 aromatic carbocycles. The van der Waals surface area contributed by atoms with Crippen LogP contribution in [0, 0.1) is 0 Å². The van der Waals surface area contributed by atoms with Crippen molar-refractivity contribution in [3.63, 3.8) is 0 Å². The molecule has 2 rings (SSSR count). The summed E-state index contributed by atoms with van der Waals surface area (Å²) in [5, 5.41) is 3.83. The van der Waals surface area contributed by atoms with Crippen molar-refractivity contribution in [1.82, 2.24) is 10.2 Å². The second-order valence-corrected chi connectivity index (χ2v) is 11.8. The van der Waals surface area contributed by atoms with Gasteiger partial charge in [0.2, 0.25) is 21.8 Å². The van der Waals surface area contributed by atoms with Gasteiger partial charge in [-0.2, -0.15) is 0 Å². The molecular formula is C25H32Cl3N3O5S. The highest BCUT2D eigenvalue weighted by Crippen LogP contribution is 2.33. The Labute approximate surface area is 233 Å². The molecule has 2 atom stereocenters. The summed E-state index contributed by atoms with van der Waals surface area (Å²) >= 11 is 18.4. The Morgan fingerprint density at radius 2 is 1.70 bits per heavy atom. The first-order valence-corrected chi connectivity index (χ1v) is 14.7. The predicted octanol–water partition coefficient (Wildman–Crippen LogP) is 5.14. The number of amides is 2. The molecule has 0 radical (unpaired) electrons. The topological polar surface area (TPSA) is 96.0 Å². The summed E-state index contributed by atoms with van der Waals surface area (Å²) in [4.78, 5) is 28.3. The lowest BCUT2D eigenvalue weighted by Gasteiger charge is -2.33. The molecule has 0 aliphatic heterocycles. The molecule has 0 heterocycles. The minimum atomic E-state index is -3.95. The number of methoxy groups -OCH3 is 1. The van der Waals surface area contributed by atoms with Gasteiger partial charge >= 0.3 is 0 Å². The van der Waals surface area contributed by atoms with Gasteiger partial charge in [-0.05, 0) is 55.7 Å². The molecule has 0 spiro atoms. The molecule has 0 aliphatic rings. The molecule has 0 unspecified atom stereocenters. The van der Waals surface area contributed by atoms with Crippen LogP contribution in [0.1, 0.15) is 39.2 Å². The molecule has 12 heteroatoms. The van der Waals surface area contributed by atoms with Gasteiger partial charge in [-0.1, -0.05) is 54.7 Å². The van der Waals surface area contributed by atoms with Crippen molar-refractivity contribution in [3.8, 4) is 5.75 Å². The number of carbonyl (C=O) groups is 2. The Morgan fingerprint density at radius 1 is 1.03 bits per heavy atom. The molecule has 0 saturated heterocycles. The quantitative estimate of drug-likeness (QED) is 0.368. The van der Waals surface area contributed by atoms with E-state index in [9.17, 15) is 18.0 Å².